The van der Waals surface area contributed by atoms with Crippen LogP contribution in [-0.2, 0) is 14.8 Å². The third-order valence-electron chi connectivity index (χ3n) is 6.17. The Morgan fingerprint density at radius 2 is 1.97 bits per heavy atom. The highest BCUT2D eigenvalue weighted by Gasteiger charge is 2.28. The second kappa shape index (κ2) is 8.11. The van der Waals surface area contributed by atoms with Crippen LogP contribution in [0.2, 0.25) is 0 Å². The Morgan fingerprint density at radius 3 is 2.61 bits per heavy atom. The summed E-state index contributed by atoms with van der Waals surface area (Å²) in [6.45, 7) is 8.66. The molecule has 1 atom stereocenters. The predicted molar refractivity (Wildman–Crippen MR) is 122 cm³/mol. The quantitative estimate of drug-likeness (QED) is 0.597. The van der Waals surface area contributed by atoms with Crippen molar-refractivity contribution in [3.05, 3.63) is 72.6 Å². The van der Waals surface area contributed by atoms with E-state index in [1.807, 2.05) is 30.3 Å². The number of fused-ring (bicyclic) bond motifs is 1. The molecule has 31 heavy (non-hydrogen) atoms. The molecule has 0 spiro atoms. The van der Waals surface area contributed by atoms with E-state index in [4.69, 9.17) is 4.74 Å². The van der Waals surface area contributed by atoms with Crippen molar-refractivity contribution in [1.29, 1.82) is 0 Å². The van der Waals surface area contributed by atoms with Crippen LogP contribution in [0.15, 0.2) is 61.4 Å². The maximum Gasteiger partial charge on any atom is 0.249 e. The van der Waals surface area contributed by atoms with Gasteiger partial charge in [-0.3, -0.25) is 0 Å². The summed E-state index contributed by atoms with van der Waals surface area (Å²) >= 11 is 0. The molecule has 1 unspecified atom stereocenters. The van der Waals surface area contributed by atoms with Crippen molar-refractivity contribution >= 4 is 26.7 Å². The molecule has 2 saturated heterocycles. The normalized spacial score (nSPS) is 18.6. The van der Waals surface area contributed by atoms with E-state index in [1.165, 1.54) is 15.6 Å². The molecule has 4 heterocycles. The van der Waals surface area contributed by atoms with Crippen LogP contribution in [0.4, 0.5) is 5.82 Å². The summed E-state index contributed by atoms with van der Waals surface area (Å²) in [6.07, 6.45) is 4.75. The lowest BCUT2D eigenvalue weighted by atomic mass is 9.93. The van der Waals surface area contributed by atoms with E-state index in [0.29, 0.717) is 30.2 Å². The number of morpholine rings is 1. The van der Waals surface area contributed by atoms with Gasteiger partial charge in [0.1, 0.15) is 11.1 Å². The monoisotopic (exact) mass is 438 g/mol. The molecule has 3 aromatic rings. The minimum absolute atomic E-state index is 0.501. The number of aromatic nitrogens is 2. The molecule has 7 nitrogen and oxygen atoms in total. The topological polar surface area (TPSA) is 76.5 Å². The maximum absolute atomic E-state index is 13.5. The van der Waals surface area contributed by atoms with Crippen molar-refractivity contribution in [2.45, 2.75) is 11.2 Å². The molecule has 0 aliphatic carbocycles. The van der Waals surface area contributed by atoms with Crippen molar-refractivity contribution < 1.29 is 13.2 Å². The zero-order chi connectivity index (χ0) is 21.4. The van der Waals surface area contributed by atoms with Crippen LogP contribution in [0.1, 0.15) is 22.3 Å². The fourth-order valence-electron chi connectivity index (χ4n) is 4.23. The molecule has 162 valence electrons. The van der Waals surface area contributed by atoms with Crippen LogP contribution in [-0.4, -0.2) is 56.8 Å². The lowest BCUT2D eigenvalue weighted by Crippen LogP contribution is -2.39. The molecule has 0 saturated carbocycles. The zero-order valence-corrected chi connectivity index (χ0v) is 18.1. The molecule has 5 rings (SSSR count). The highest BCUT2D eigenvalue weighted by molar-refractivity contribution is 7.90. The van der Waals surface area contributed by atoms with Crippen LogP contribution in [0, 0.1) is 0 Å². The fourth-order valence-corrected chi connectivity index (χ4v) is 5.88. The lowest BCUT2D eigenvalue weighted by molar-refractivity contribution is 0.122. The van der Waals surface area contributed by atoms with E-state index in [9.17, 15) is 8.42 Å². The van der Waals surface area contributed by atoms with Gasteiger partial charge in [0.05, 0.1) is 18.7 Å². The van der Waals surface area contributed by atoms with E-state index in [1.54, 1.807) is 12.4 Å². The SMILES string of the molecule is C=CC(c1ccc(N2CCOCC2)nc1)S(=O)(=O)n1ccc2cc(C3CNC3)ccc21. The number of pyridine rings is 1. The first-order chi connectivity index (χ1) is 15.1. The van der Waals surface area contributed by atoms with Gasteiger partial charge in [-0.15, -0.1) is 6.58 Å². The van der Waals surface area contributed by atoms with Crippen molar-refractivity contribution in [2.24, 2.45) is 0 Å². The molecule has 8 heteroatoms. The van der Waals surface area contributed by atoms with Crippen molar-refractivity contribution in [3.8, 4) is 0 Å². The average Bonchev–Trinajstić information content (AvgIpc) is 3.18. The van der Waals surface area contributed by atoms with Crippen molar-refractivity contribution in [3.63, 3.8) is 0 Å². The molecule has 1 N–H and O–H groups in total. The van der Waals surface area contributed by atoms with E-state index >= 15 is 0 Å². The largest absolute Gasteiger partial charge is 0.378 e. The number of benzene rings is 1. The molecule has 2 aliphatic rings. The van der Waals surface area contributed by atoms with Crippen LogP contribution >= 0.6 is 0 Å². The molecule has 0 radical (unpaired) electrons. The molecule has 0 amide bonds. The lowest BCUT2D eigenvalue weighted by Gasteiger charge is -2.28. The van der Waals surface area contributed by atoms with E-state index in [2.05, 4.69) is 27.8 Å². The summed E-state index contributed by atoms with van der Waals surface area (Å²) in [6, 6.07) is 11.6. The number of rotatable bonds is 6. The second-order valence-corrected chi connectivity index (χ2v) is 9.97. The molecule has 2 aromatic heterocycles. The standard InChI is InChI=1S/C23H26N4O3S/c1-2-22(19-4-6-23(25-16-19)26-9-11-30-12-10-26)31(28,29)27-8-7-18-13-17(3-5-21(18)27)20-14-24-15-20/h2-8,13,16,20,22,24H,1,9-12,14-15H2. The highest BCUT2D eigenvalue weighted by Crippen LogP contribution is 2.31. The van der Waals surface area contributed by atoms with Crippen molar-refractivity contribution in [2.75, 3.05) is 44.3 Å². The maximum atomic E-state index is 13.5. The Labute approximate surface area is 182 Å². The van der Waals surface area contributed by atoms with Gasteiger partial charge in [-0.2, -0.15) is 0 Å². The van der Waals surface area contributed by atoms with E-state index in [-0.39, 0.29) is 0 Å². The van der Waals surface area contributed by atoms with Gasteiger partial charge in [0, 0.05) is 49.9 Å². The first kappa shape index (κ1) is 20.2. The van der Waals surface area contributed by atoms with E-state index in [0.717, 1.165) is 37.4 Å². The molecule has 1 aromatic carbocycles. The van der Waals surface area contributed by atoms with Gasteiger partial charge in [0.15, 0.2) is 0 Å². The van der Waals surface area contributed by atoms with Gasteiger partial charge in [-0.1, -0.05) is 18.2 Å². The smallest absolute Gasteiger partial charge is 0.249 e. The molecular formula is C23H26N4O3S. The van der Waals surface area contributed by atoms with Gasteiger partial charge in [-0.25, -0.2) is 17.4 Å². The molecule has 0 bridgehead atoms. The Hall–Kier alpha value is -2.68. The Morgan fingerprint density at radius 1 is 1.16 bits per heavy atom. The minimum Gasteiger partial charge on any atom is -0.378 e. The summed E-state index contributed by atoms with van der Waals surface area (Å²) in [4.78, 5) is 6.66. The van der Waals surface area contributed by atoms with Crippen molar-refractivity contribution in [1.82, 2.24) is 14.3 Å². The number of nitrogens with one attached hydrogen (secondary N) is 1. The molecular weight excluding hydrogens is 412 g/mol. The average molecular weight is 439 g/mol. The summed E-state index contributed by atoms with van der Waals surface area (Å²) in [5.41, 5.74) is 2.52. The summed E-state index contributed by atoms with van der Waals surface area (Å²) in [7, 11) is -3.74. The number of hydrogen-bond donors (Lipinski definition) is 1. The van der Waals surface area contributed by atoms with Crippen LogP contribution < -0.4 is 10.2 Å². The number of ether oxygens (including phenoxy) is 1. The number of anilines is 1. The third-order valence-corrected chi connectivity index (χ3v) is 8.15. The van der Waals surface area contributed by atoms with Crippen LogP contribution in [0.3, 0.4) is 0 Å². The summed E-state index contributed by atoms with van der Waals surface area (Å²) in [5, 5.41) is 3.32. The summed E-state index contributed by atoms with van der Waals surface area (Å²) < 4.78 is 33.8. The summed E-state index contributed by atoms with van der Waals surface area (Å²) in [5.74, 6) is 1.33. The van der Waals surface area contributed by atoms with Gasteiger partial charge in [0.25, 0.3) is 0 Å². The van der Waals surface area contributed by atoms with Gasteiger partial charge in [0.2, 0.25) is 10.0 Å². The first-order valence-electron chi connectivity index (χ1n) is 10.6. The predicted octanol–water partition coefficient (Wildman–Crippen LogP) is 2.66. The molecule has 2 fully saturated rings. The zero-order valence-electron chi connectivity index (χ0n) is 17.3. The first-order valence-corrected chi connectivity index (χ1v) is 12.1. The number of nitrogens with zero attached hydrogens (tertiary/aromatic N) is 3. The number of hydrogen-bond acceptors (Lipinski definition) is 6. The van der Waals surface area contributed by atoms with Gasteiger partial charge >= 0.3 is 0 Å². The molecule has 2 aliphatic heterocycles. The highest BCUT2D eigenvalue weighted by atomic mass is 32.2. The minimum atomic E-state index is -3.74. The fraction of sp³-hybridized carbons (Fsp3) is 0.348. The van der Waals surface area contributed by atoms with Crippen LogP contribution in [0.25, 0.3) is 10.9 Å². The Bertz CT molecular complexity index is 1190. The van der Waals surface area contributed by atoms with E-state index < -0.39 is 15.3 Å². The second-order valence-electron chi connectivity index (χ2n) is 8.04. The Balaban J connectivity index is 1.45. The third kappa shape index (κ3) is 3.64. The van der Waals surface area contributed by atoms with Crippen LogP contribution in [0.5, 0.6) is 0 Å². The van der Waals surface area contributed by atoms with Gasteiger partial charge in [-0.05, 0) is 35.4 Å². The van der Waals surface area contributed by atoms with Gasteiger partial charge < -0.3 is 15.0 Å². The Kier molecular flexibility index (Phi) is 5.29.